The van der Waals surface area contributed by atoms with Crippen molar-refractivity contribution in [1.29, 1.82) is 0 Å². The number of rotatable bonds is 5. The normalized spacial score (nSPS) is 11.5. The summed E-state index contributed by atoms with van der Waals surface area (Å²) in [6.07, 6.45) is 0. The number of halogens is 1. The van der Waals surface area contributed by atoms with Gasteiger partial charge >= 0.3 is 0 Å². The van der Waals surface area contributed by atoms with Crippen molar-refractivity contribution in [2.24, 2.45) is 0 Å². The molecule has 0 radical (unpaired) electrons. The first kappa shape index (κ1) is 18.1. The first-order valence-corrected chi connectivity index (χ1v) is 9.98. The van der Waals surface area contributed by atoms with Crippen LogP contribution in [-0.2, 0) is 10.0 Å². The van der Waals surface area contributed by atoms with Gasteiger partial charge in [-0.2, -0.15) is 0 Å². The zero-order chi connectivity index (χ0) is 19.7. The Hall–Kier alpha value is -3.32. The second-order valence-corrected chi connectivity index (χ2v) is 7.96. The van der Waals surface area contributed by atoms with E-state index in [2.05, 4.69) is 9.71 Å². The highest BCUT2D eigenvalue weighted by atomic mass is 32.2. The van der Waals surface area contributed by atoms with Gasteiger partial charge in [0, 0.05) is 22.3 Å². The van der Waals surface area contributed by atoms with Gasteiger partial charge in [0.05, 0.1) is 12.0 Å². The van der Waals surface area contributed by atoms with Crippen molar-refractivity contribution in [3.63, 3.8) is 0 Å². The van der Waals surface area contributed by atoms with E-state index in [0.29, 0.717) is 11.4 Å². The molecule has 0 unspecified atom stereocenters. The minimum absolute atomic E-state index is 0.148. The van der Waals surface area contributed by atoms with Crippen LogP contribution in [0.3, 0.4) is 0 Å². The fraction of sp³-hybridized carbons (Fsp3) is 0.0476. The Morgan fingerprint density at radius 2 is 1.64 bits per heavy atom. The van der Waals surface area contributed by atoms with Crippen molar-refractivity contribution >= 4 is 26.6 Å². The third kappa shape index (κ3) is 3.57. The number of fused-ring (bicyclic) bond motifs is 1. The van der Waals surface area contributed by atoms with E-state index < -0.39 is 10.0 Å². The maximum Gasteiger partial charge on any atom is 0.261 e. The van der Waals surface area contributed by atoms with Crippen LogP contribution in [0.25, 0.3) is 22.2 Å². The smallest absolute Gasteiger partial charge is 0.261 e. The zero-order valence-electron chi connectivity index (χ0n) is 14.9. The van der Waals surface area contributed by atoms with E-state index in [1.165, 1.54) is 31.4 Å². The minimum Gasteiger partial charge on any atom is -0.497 e. The Kier molecular flexibility index (Phi) is 4.52. The molecule has 2 N–H and O–H groups in total. The van der Waals surface area contributed by atoms with Crippen LogP contribution in [-0.4, -0.2) is 20.5 Å². The van der Waals surface area contributed by atoms with E-state index in [9.17, 15) is 12.8 Å². The molecule has 0 spiro atoms. The largest absolute Gasteiger partial charge is 0.497 e. The first-order chi connectivity index (χ1) is 13.4. The average molecular weight is 396 g/mol. The highest BCUT2D eigenvalue weighted by Gasteiger charge is 2.14. The molecule has 4 aromatic rings. The molecule has 0 atom stereocenters. The van der Waals surface area contributed by atoms with E-state index in [0.717, 1.165) is 22.2 Å². The third-order valence-electron chi connectivity index (χ3n) is 4.40. The Bertz CT molecular complexity index is 1230. The quantitative estimate of drug-likeness (QED) is 0.510. The van der Waals surface area contributed by atoms with E-state index in [1.807, 2.05) is 6.07 Å². The number of ether oxygens (including phenoxy) is 1. The van der Waals surface area contributed by atoms with E-state index in [1.54, 1.807) is 42.5 Å². The molecule has 3 aromatic carbocycles. The number of anilines is 1. The summed E-state index contributed by atoms with van der Waals surface area (Å²) in [5.74, 6) is 0.294. The van der Waals surface area contributed by atoms with Gasteiger partial charge in [0.15, 0.2) is 0 Å². The number of methoxy groups -OCH3 is 1. The number of hydrogen-bond donors (Lipinski definition) is 2. The van der Waals surface area contributed by atoms with Crippen LogP contribution < -0.4 is 9.46 Å². The molecular weight excluding hydrogens is 379 g/mol. The lowest BCUT2D eigenvalue weighted by molar-refractivity contribution is 0.414. The Morgan fingerprint density at radius 1 is 0.929 bits per heavy atom. The zero-order valence-corrected chi connectivity index (χ0v) is 15.8. The van der Waals surface area contributed by atoms with Gasteiger partial charge in [-0.3, -0.25) is 4.72 Å². The number of aromatic amines is 1. The van der Waals surface area contributed by atoms with Gasteiger partial charge in [0.2, 0.25) is 0 Å². The first-order valence-electron chi connectivity index (χ1n) is 8.50. The van der Waals surface area contributed by atoms with Gasteiger partial charge in [-0.25, -0.2) is 12.8 Å². The second-order valence-electron chi connectivity index (χ2n) is 6.27. The summed E-state index contributed by atoms with van der Waals surface area (Å²) >= 11 is 0. The van der Waals surface area contributed by atoms with Crippen LogP contribution in [0, 0.1) is 5.82 Å². The molecule has 0 saturated heterocycles. The van der Waals surface area contributed by atoms with Crippen LogP contribution in [0.1, 0.15) is 0 Å². The van der Waals surface area contributed by atoms with Gasteiger partial charge in [0.25, 0.3) is 10.0 Å². The van der Waals surface area contributed by atoms with Gasteiger partial charge in [0.1, 0.15) is 11.6 Å². The molecule has 142 valence electrons. The van der Waals surface area contributed by atoms with Crippen molar-refractivity contribution < 1.29 is 17.5 Å². The lowest BCUT2D eigenvalue weighted by atomic mass is 10.1. The molecule has 0 aliphatic carbocycles. The summed E-state index contributed by atoms with van der Waals surface area (Å²) in [5, 5.41) is 0.777. The van der Waals surface area contributed by atoms with Crippen LogP contribution in [0.4, 0.5) is 10.1 Å². The fourth-order valence-electron chi connectivity index (χ4n) is 2.95. The summed E-state index contributed by atoms with van der Waals surface area (Å²) < 4.78 is 46.0. The number of nitrogens with one attached hydrogen (secondary N) is 2. The average Bonchev–Trinajstić information content (AvgIpc) is 3.11. The third-order valence-corrected chi connectivity index (χ3v) is 5.80. The molecule has 1 heterocycles. The molecule has 0 bridgehead atoms. The lowest BCUT2D eigenvalue weighted by Crippen LogP contribution is -2.12. The van der Waals surface area contributed by atoms with Crippen LogP contribution in [0.5, 0.6) is 5.75 Å². The number of benzene rings is 3. The Labute approximate surface area is 161 Å². The van der Waals surface area contributed by atoms with Gasteiger partial charge in [-0.15, -0.1) is 0 Å². The van der Waals surface area contributed by atoms with E-state index in [4.69, 9.17) is 4.74 Å². The molecule has 7 heteroatoms. The van der Waals surface area contributed by atoms with Crippen molar-refractivity contribution in [1.82, 2.24) is 4.98 Å². The second kappa shape index (κ2) is 7.01. The topological polar surface area (TPSA) is 71.2 Å². The predicted octanol–water partition coefficient (Wildman–Crippen LogP) is 4.78. The SMILES string of the molecule is COc1ccc(S(=O)(=O)Nc2ccc(-c3cc4cc(F)ccc4[nH]3)cc2)cc1. The van der Waals surface area contributed by atoms with Crippen molar-refractivity contribution in [3.8, 4) is 17.0 Å². The highest BCUT2D eigenvalue weighted by molar-refractivity contribution is 7.92. The molecule has 0 fully saturated rings. The molecule has 0 aliphatic heterocycles. The maximum absolute atomic E-state index is 13.4. The Morgan fingerprint density at radius 3 is 2.32 bits per heavy atom. The molecule has 0 saturated carbocycles. The Balaban J connectivity index is 1.56. The van der Waals surface area contributed by atoms with Crippen LogP contribution in [0.15, 0.2) is 77.7 Å². The number of aromatic nitrogens is 1. The molecular formula is C21H17FN2O3S. The molecule has 0 aliphatic rings. The molecule has 28 heavy (non-hydrogen) atoms. The molecule has 5 nitrogen and oxygen atoms in total. The van der Waals surface area contributed by atoms with E-state index in [-0.39, 0.29) is 10.7 Å². The minimum atomic E-state index is -3.70. The standard InChI is InChI=1S/C21H17FN2O3S/c1-27-18-7-9-19(10-8-18)28(25,26)24-17-5-2-14(3-6-17)21-13-15-12-16(22)4-11-20(15)23-21/h2-13,23-24H,1H3. The van der Waals surface area contributed by atoms with Crippen molar-refractivity contribution in [3.05, 3.63) is 78.6 Å². The number of hydrogen-bond acceptors (Lipinski definition) is 3. The maximum atomic E-state index is 13.4. The van der Waals surface area contributed by atoms with Crippen molar-refractivity contribution in [2.45, 2.75) is 4.90 Å². The molecule has 1 aromatic heterocycles. The summed E-state index contributed by atoms with van der Waals surface area (Å²) in [4.78, 5) is 3.37. The molecule has 0 amide bonds. The van der Waals surface area contributed by atoms with Gasteiger partial charge in [-0.1, -0.05) is 12.1 Å². The summed E-state index contributed by atoms with van der Waals surface area (Å²) in [7, 11) is -2.18. The van der Waals surface area contributed by atoms with E-state index >= 15 is 0 Å². The summed E-state index contributed by atoms with van der Waals surface area (Å²) in [5.41, 5.74) is 2.97. The molecule has 4 rings (SSSR count). The van der Waals surface area contributed by atoms with Crippen LogP contribution >= 0.6 is 0 Å². The highest BCUT2D eigenvalue weighted by Crippen LogP contribution is 2.26. The lowest BCUT2D eigenvalue weighted by Gasteiger charge is -2.09. The predicted molar refractivity (Wildman–Crippen MR) is 107 cm³/mol. The fourth-order valence-corrected chi connectivity index (χ4v) is 4.00. The van der Waals surface area contributed by atoms with Crippen molar-refractivity contribution in [2.75, 3.05) is 11.8 Å². The van der Waals surface area contributed by atoms with Gasteiger partial charge in [-0.05, 0) is 66.2 Å². The summed E-state index contributed by atoms with van der Waals surface area (Å²) in [6.45, 7) is 0. The monoisotopic (exact) mass is 396 g/mol. The summed E-state index contributed by atoms with van der Waals surface area (Å²) in [6, 6.07) is 19.5. The number of sulfonamides is 1. The van der Waals surface area contributed by atoms with Gasteiger partial charge < -0.3 is 9.72 Å². The van der Waals surface area contributed by atoms with Crippen LogP contribution in [0.2, 0.25) is 0 Å². The number of H-pyrrole nitrogens is 1.